The molecule has 0 aromatic heterocycles. The molecule has 0 nitrogen and oxygen atoms in total. The molecule has 0 atom stereocenters. The van der Waals surface area contributed by atoms with Crippen LogP contribution in [0.5, 0.6) is 0 Å². The molecule has 2 radical (unpaired) electrons. The monoisotopic (exact) mass is 458 g/mol. The fourth-order valence-electron chi connectivity index (χ4n) is 0. The van der Waals surface area contributed by atoms with Crippen molar-refractivity contribution in [1.82, 2.24) is 0 Å². The summed E-state index contributed by atoms with van der Waals surface area (Å²) in [6, 6.07) is 0. The van der Waals surface area contributed by atoms with Gasteiger partial charge in [0, 0.05) is 64.2 Å². The van der Waals surface area contributed by atoms with Gasteiger partial charge in [0.05, 0.1) is 0 Å². The standard InChI is InChI=1S/Nb.Ru.H2Se.Ta/h;;1H2;. The van der Waals surface area contributed by atoms with Crippen molar-refractivity contribution in [3.05, 3.63) is 0 Å². The van der Waals surface area contributed by atoms with Crippen molar-refractivity contribution in [2.45, 2.75) is 0 Å². The first-order chi connectivity index (χ1) is 0. The second-order valence-electron chi connectivity index (χ2n) is 0. The van der Waals surface area contributed by atoms with E-state index >= 15 is 0 Å². The maximum Gasteiger partial charge on any atom is 0 e. The van der Waals surface area contributed by atoms with Crippen molar-refractivity contribution in [3.63, 3.8) is 0 Å². The minimum atomic E-state index is 0. The van der Waals surface area contributed by atoms with Crippen molar-refractivity contribution in [2.24, 2.45) is 0 Å². The maximum atomic E-state index is 0. The molecule has 0 spiro atoms. The van der Waals surface area contributed by atoms with E-state index in [-0.39, 0.29) is 81.3 Å². The van der Waals surface area contributed by atoms with Gasteiger partial charge in [-0.15, -0.1) is 0 Å². The van der Waals surface area contributed by atoms with E-state index in [4.69, 9.17) is 0 Å². The second kappa shape index (κ2) is 17.5. The molecule has 4 heteroatoms. The smallest absolute Gasteiger partial charge is 0 e. The van der Waals surface area contributed by atoms with Crippen LogP contribution in [0.25, 0.3) is 0 Å². The van der Waals surface area contributed by atoms with E-state index in [1.807, 2.05) is 0 Å². The number of hydrogen-bond acceptors (Lipinski definition) is 0. The summed E-state index contributed by atoms with van der Waals surface area (Å²) in [6.45, 7) is 0. The first kappa shape index (κ1) is 30.4. The minimum Gasteiger partial charge on any atom is 0 e. The third-order valence-corrected chi connectivity index (χ3v) is 0. The van der Waals surface area contributed by atoms with E-state index in [0.29, 0.717) is 0 Å². The van der Waals surface area contributed by atoms with Crippen molar-refractivity contribution >= 4 is 17.1 Å². The molecule has 4 heavy (non-hydrogen) atoms. The average Bonchev–Trinajstić information content (AvgIpc) is 0. The molecule has 0 aliphatic carbocycles. The summed E-state index contributed by atoms with van der Waals surface area (Å²) >= 11 is 0. The van der Waals surface area contributed by atoms with Crippen LogP contribution in [-0.4, -0.2) is 17.1 Å². The van der Waals surface area contributed by atoms with Gasteiger partial charge in [-0.05, 0) is 0 Å². The van der Waals surface area contributed by atoms with Crippen molar-refractivity contribution in [2.75, 3.05) is 0 Å². The van der Waals surface area contributed by atoms with E-state index in [1.54, 1.807) is 0 Å². The largest absolute Gasteiger partial charge is 0 e. The van der Waals surface area contributed by atoms with Gasteiger partial charge in [-0.2, -0.15) is 0 Å². The molecule has 26 valence electrons. The Labute approximate surface area is 80.1 Å². The third-order valence-electron chi connectivity index (χ3n) is 0. The van der Waals surface area contributed by atoms with Crippen LogP contribution in [0, 0.1) is 0 Å². The normalized spacial score (nSPS) is 0. The zero-order valence-electron chi connectivity index (χ0n) is 1.75. The van der Waals surface area contributed by atoms with Gasteiger partial charge in [-0.25, -0.2) is 0 Å². The Hall–Kier alpha value is 2.62. The summed E-state index contributed by atoms with van der Waals surface area (Å²) in [5.74, 6) is 0. The SMILES string of the molecule is [Nb].[Ru].[SeH2].[Ta]. The van der Waals surface area contributed by atoms with Crippen molar-refractivity contribution in [3.8, 4) is 0 Å². The Bertz CT molecular complexity index is 8.00. The summed E-state index contributed by atoms with van der Waals surface area (Å²) in [5, 5.41) is 0. The Morgan fingerprint density at radius 3 is 1.00 bits per heavy atom. The zero-order chi connectivity index (χ0) is 0. The minimum absolute atomic E-state index is 0. The van der Waals surface area contributed by atoms with Crippen LogP contribution in [0.3, 0.4) is 0 Å². The predicted octanol–water partition coefficient (Wildman–Crippen LogP) is -0.924. The van der Waals surface area contributed by atoms with Gasteiger partial charge in [0.1, 0.15) is 0 Å². The second-order valence-corrected chi connectivity index (χ2v) is 0. The van der Waals surface area contributed by atoms with Crippen LogP contribution in [0.2, 0.25) is 0 Å². The first-order valence-corrected chi connectivity index (χ1v) is 0. The Balaban J connectivity index is 0. The summed E-state index contributed by atoms with van der Waals surface area (Å²) < 4.78 is 0. The molecule has 0 saturated heterocycles. The fraction of sp³-hybridized carbons (Fsp3) is 0. The summed E-state index contributed by atoms with van der Waals surface area (Å²) in [6.07, 6.45) is 0. The topological polar surface area (TPSA) is 0 Å². The molecule has 0 heterocycles. The van der Waals surface area contributed by atoms with Crippen LogP contribution < -0.4 is 0 Å². The Morgan fingerprint density at radius 2 is 1.00 bits per heavy atom. The maximum absolute atomic E-state index is 0. The van der Waals surface area contributed by atoms with Gasteiger partial charge in [0.15, 0.2) is 0 Å². The quantitative estimate of drug-likeness (QED) is 0.414. The van der Waals surface area contributed by atoms with Gasteiger partial charge in [-0.1, -0.05) is 0 Å². The molecule has 0 unspecified atom stereocenters. The van der Waals surface area contributed by atoms with Crippen molar-refractivity contribution in [1.29, 1.82) is 0 Å². The summed E-state index contributed by atoms with van der Waals surface area (Å²) in [7, 11) is 0. The van der Waals surface area contributed by atoms with Crippen LogP contribution >= 0.6 is 0 Å². The molecule has 0 saturated carbocycles. The summed E-state index contributed by atoms with van der Waals surface area (Å²) in [4.78, 5) is 0. The number of hydrogen-bond donors (Lipinski definition) is 0. The van der Waals surface area contributed by atoms with Crippen molar-refractivity contribution < 1.29 is 64.2 Å². The molecule has 0 aliphatic rings. The van der Waals surface area contributed by atoms with Crippen LogP contribution in [-0.2, 0) is 64.2 Å². The molecule has 0 fully saturated rings. The molecule has 0 rings (SSSR count). The molecule has 0 bridgehead atoms. The first-order valence-electron chi connectivity index (χ1n) is 0. The van der Waals surface area contributed by atoms with E-state index in [0.717, 1.165) is 0 Å². The molecule has 0 aromatic rings. The molecular weight excluding hydrogens is 454 g/mol. The van der Waals surface area contributed by atoms with Gasteiger partial charge in [0.2, 0.25) is 0 Å². The van der Waals surface area contributed by atoms with Crippen LogP contribution in [0.1, 0.15) is 0 Å². The van der Waals surface area contributed by atoms with E-state index in [2.05, 4.69) is 0 Å². The van der Waals surface area contributed by atoms with E-state index in [9.17, 15) is 0 Å². The molecular formula is H2NbRuSeTa. The van der Waals surface area contributed by atoms with E-state index < -0.39 is 0 Å². The van der Waals surface area contributed by atoms with Gasteiger partial charge in [0.25, 0.3) is 0 Å². The fourth-order valence-corrected chi connectivity index (χ4v) is 0. The average molecular weight is 456 g/mol. The van der Waals surface area contributed by atoms with Crippen LogP contribution in [0.15, 0.2) is 0 Å². The Kier molecular flexibility index (Phi) is 133. The molecule has 0 N–H and O–H groups in total. The molecule has 0 aliphatic heterocycles. The molecule has 0 amide bonds. The third kappa shape index (κ3) is 8.82. The predicted molar refractivity (Wildman–Crippen MR) is 8.54 cm³/mol. The van der Waals surface area contributed by atoms with Crippen LogP contribution in [0.4, 0.5) is 0 Å². The molecule has 0 aromatic carbocycles. The summed E-state index contributed by atoms with van der Waals surface area (Å²) in [5.41, 5.74) is 0. The van der Waals surface area contributed by atoms with E-state index in [1.165, 1.54) is 0 Å². The van der Waals surface area contributed by atoms with Gasteiger partial charge in [-0.3, -0.25) is 0 Å². The number of rotatable bonds is 0. The Morgan fingerprint density at radius 1 is 1.00 bits per heavy atom. The van der Waals surface area contributed by atoms with Gasteiger partial charge < -0.3 is 0 Å². The zero-order valence-corrected chi connectivity index (χ0v) is 11.0. The van der Waals surface area contributed by atoms with Gasteiger partial charge >= 0.3 is 17.1 Å².